The summed E-state index contributed by atoms with van der Waals surface area (Å²) < 4.78 is 11.2. The molecule has 1 amide bonds. The standard InChI is InChI=1S/C16H30N2O3/c1-16(2,3)21-15(19)18-9-8-13(11-18)17(4)12-14-7-5-6-10-20-14/h13-14H,5-12H2,1-4H3/t13-,14?/m0/s1. The molecule has 2 atom stereocenters. The lowest BCUT2D eigenvalue weighted by atomic mass is 10.1. The minimum absolute atomic E-state index is 0.188. The van der Waals surface area contributed by atoms with Gasteiger partial charge >= 0.3 is 6.09 Å². The van der Waals surface area contributed by atoms with Gasteiger partial charge in [-0.2, -0.15) is 0 Å². The summed E-state index contributed by atoms with van der Waals surface area (Å²) in [6.07, 6.45) is 4.81. The second-order valence-electron chi connectivity index (χ2n) is 7.30. The summed E-state index contributed by atoms with van der Waals surface area (Å²) in [4.78, 5) is 16.3. The van der Waals surface area contributed by atoms with Gasteiger partial charge in [0.15, 0.2) is 0 Å². The van der Waals surface area contributed by atoms with E-state index < -0.39 is 5.60 Å². The maximum Gasteiger partial charge on any atom is 0.410 e. The van der Waals surface area contributed by atoms with Crippen molar-refractivity contribution in [1.82, 2.24) is 9.80 Å². The van der Waals surface area contributed by atoms with Crippen LogP contribution in [0, 0.1) is 0 Å². The van der Waals surface area contributed by atoms with E-state index in [1.54, 1.807) is 0 Å². The second-order valence-corrected chi connectivity index (χ2v) is 7.30. The third-order valence-corrected chi connectivity index (χ3v) is 4.20. The molecule has 0 bridgehead atoms. The molecule has 0 N–H and O–H groups in total. The first-order valence-corrected chi connectivity index (χ1v) is 8.15. The minimum Gasteiger partial charge on any atom is -0.444 e. The van der Waals surface area contributed by atoms with E-state index in [4.69, 9.17) is 9.47 Å². The van der Waals surface area contributed by atoms with Gasteiger partial charge in [-0.1, -0.05) is 0 Å². The maximum atomic E-state index is 12.1. The zero-order valence-corrected chi connectivity index (χ0v) is 13.9. The van der Waals surface area contributed by atoms with Crippen molar-refractivity contribution in [2.75, 3.05) is 33.3 Å². The Balaban J connectivity index is 1.77. The predicted molar refractivity (Wildman–Crippen MR) is 82.4 cm³/mol. The van der Waals surface area contributed by atoms with Crippen LogP contribution in [0.25, 0.3) is 0 Å². The molecule has 2 saturated heterocycles. The number of nitrogens with zero attached hydrogens (tertiary/aromatic N) is 2. The summed E-state index contributed by atoms with van der Waals surface area (Å²) >= 11 is 0. The van der Waals surface area contributed by atoms with Gasteiger partial charge in [-0.3, -0.25) is 4.90 Å². The largest absolute Gasteiger partial charge is 0.444 e. The van der Waals surface area contributed by atoms with Crippen molar-refractivity contribution in [3.8, 4) is 0 Å². The van der Waals surface area contributed by atoms with E-state index in [-0.39, 0.29) is 6.09 Å². The molecule has 0 aromatic carbocycles. The Morgan fingerprint density at radius 1 is 1.33 bits per heavy atom. The van der Waals surface area contributed by atoms with Crippen LogP contribution < -0.4 is 0 Å². The van der Waals surface area contributed by atoms with Crippen LogP contribution in [0.3, 0.4) is 0 Å². The van der Waals surface area contributed by atoms with Crippen molar-refractivity contribution in [2.24, 2.45) is 0 Å². The molecule has 5 heteroatoms. The SMILES string of the molecule is CN(CC1CCCCO1)[C@H]1CCN(C(=O)OC(C)(C)C)C1. The van der Waals surface area contributed by atoms with E-state index in [0.717, 1.165) is 39.1 Å². The van der Waals surface area contributed by atoms with Crippen molar-refractivity contribution in [3.05, 3.63) is 0 Å². The van der Waals surface area contributed by atoms with Gasteiger partial charge in [0.2, 0.25) is 0 Å². The van der Waals surface area contributed by atoms with Crippen molar-refractivity contribution >= 4 is 6.09 Å². The molecular formula is C16H30N2O3. The summed E-state index contributed by atoms with van der Waals surface area (Å²) in [5, 5.41) is 0. The van der Waals surface area contributed by atoms with Crippen molar-refractivity contribution in [1.29, 1.82) is 0 Å². The summed E-state index contributed by atoms with van der Waals surface area (Å²) in [6.45, 7) is 9.13. The second kappa shape index (κ2) is 6.97. The van der Waals surface area contributed by atoms with Crippen LogP contribution in [0.15, 0.2) is 0 Å². The molecular weight excluding hydrogens is 268 g/mol. The van der Waals surface area contributed by atoms with Crippen LogP contribution in [0.5, 0.6) is 0 Å². The number of rotatable bonds is 3. The van der Waals surface area contributed by atoms with E-state index in [1.165, 1.54) is 12.8 Å². The molecule has 2 heterocycles. The zero-order valence-electron chi connectivity index (χ0n) is 13.9. The smallest absolute Gasteiger partial charge is 0.410 e. The van der Waals surface area contributed by atoms with E-state index in [1.807, 2.05) is 25.7 Å². The highest BCUT2D eigenvalue weighted by molar-refractivity contribution is 5.68. The Bertz CT molecular complexity index is 348. The minimum atomic E-state index is -0.420. The van der Waals surface area contributed by atoms with Crippen LogP contribution in [-0.2, 0) is 9.47 Å². The Morgan fingerprint density at radius 3 is 2.71 bits per heavy atom. The first-order chi connectivity index (χ1) is 9.85. The maximum absolute atomic E-state index is 12.1. The van der Waals surface area contributed by atoms with Gasteiger partial charge in [0.25, 0.3) is 0 Å². The summed E-state index contributed by atoms with van der Waals surface area (Å²) in [5.41, 5.74) is -0.420. The lowest BCUT2D eigenvalue weighted by Gasteiger charge is -2.31. The molecule has 0 aromatic rings. The first-order valence-electron chi connectivity index (χ1n) is 8.15. The third-order valence-electron chi connectivity index (χ3n) is 4.20. The Kier molecular flexibility index (Phi) is 5.49. The number of amides is 1. The summed E-state index contributed by atoms with van der Waals surface area (Å²) in [5.74, 6) is 0. The van der Waals surface area contributed by atoms with E-state index >= 15 is 0 Å². The summed E-state index contributed by atoms with van der Waals surface area (Å²) in [7, 11) is 2.14. The average Bonchev–Trinajstić information content (AvgIpc) is 2.87. The molecule has 21 heavy (non-hydrogen) atoms. The molecule has 2 aliphatic heterocycles. The fourth-order valence-electron chi connectivity index (χ4n) is 3.02. The van der Waals surface area contributed by atoms with E-state index in [9.17, 15) is 4.79 Å². The Labute approximate surface area is 128 Å². The third kappa shape index (κ3) is 5.15. The predicted octanol–water partition coefficient (Wildman–Crippen LogP) is 2.50. The monoisotopic (exact) mass is 298 g/mol. The Hall–Kier alpha value is -0.810. The highest BCUT2D eigenvalue weighted by atomic mass is 16.6. The zero-order chi connectivity index (χ0) is 15.5. The molecule has 5 nitrogen and oxygen atoms in total. The first kappa shape index (κ1) is 16.6. The summed E-state index contributed by atoms with van der Waals surface area (Å²) in [6, 6.07) is 0.419. The van der Waals surface area contributed by atoms with Crippen LogP contribution in [0.4, 0.5) is 4.79 Å². The van der Waals surface area contributed by atoms with E-state index in [0.29, 0.717) is 12.1 Å². The normalized spacial score (nSPS) is 27.2. The lowest BCUT2D eigenvalue weighted by molar-refractivity contribution is -0.00800. The van der Waals surface area contributed by atoms with Gasteiger partial charge in [-0.25, -0.2) is 4.79 Å². The molecule has 2 fully saturated rings. The highest BCUT2D eigenvalue weighted by Crippen LogP contribution is 2.20. The molecule has 0 aromatic heterocycles. The van der Waals surface area contributed by atoms with Crippen LogP contribution >= 0.6 is 0 Å². The topological polar surface area (TPSA) is 42.0 Å². The molecule has 1 unspecified atom stereocenters. The molecule has 122 valence electrons. The van der Waals surface area contributed by atoms with E-state index in [2.05, 4.69) is 11.9 Å². The van der Waals surface area contributed by atoms with Gasteiger partial charge in [-0.15, -0.1) is 0 Å². The lowest BCUT2D eigenvalue weighted by Crippen LogP contribution is -2.42. The fourth-order valence-corrected chi connectivity index (χ4v) is 3.02. The van der Waals surface area contributed by atoms with Gasteiger partial charge in [0.05, 0.1) is 6.10 Å². The van der Waals surface area contributed by atoms with Gasteiger partial charge in [0, 0.05) is 32.3 Å². The molecule has 2 rings (SSSR count). The fraction of sp³-hybridized carbons (Fsp3) is 0.938. The molecule has 0 saturated carbocycles. The quantitative estimate of drug-likeness (QED) is 0.803. The number of likely N-dealkylation sites (tertiary alicyclic amines) is 1. The van der Waals surface area contributed by atoms with Crippen LogP contribution in [0.1, 0.15) is 46.5 Å². The van der Waals surface area contributed by atoms with Crippen LogP contribution in [-0.4, -0.2) is 66.9 Å². The number of likely N-dealkylation sites (N-methyl/N-ethyl adjacent to an activating group) is 1. The Morgan fingerprint density at radius 2 is 2.10 bits per heavy atom. The van der Waals surface area contributed by atoms with Crippen molar-refractivity contribution in [2.45, 2.75) is 64.2 Å². The highest BCUT2D eigenvalue weighted by Gasteiger charge is 2.32. The van der Waals surface area contributed by atoms with Gasteiger partial charge in [0.1, 0.15) is 5.60 Å². The number of carbonyl (C=O) groups is 1. The number of hydrogen-bond donors (Lipinski definition) is 0. The van der Waals surface area contributed by atoms with Gasteiger partial charge in [-0.05, 0) is 53.5 Å². The van der Waals surface area contributed by atoms with Crippen LogP contribution in [0.2, 0.25) is 0 Å². The number of ether oxygens (including phenoxy) is 2. The van der Waals surface area contributed by atoms with Gasteiger partial charge < -0.3 is 14.4 Å². The number of hydrogen-bond acceptors (Lipinski definition) is 4. The molecule has 2 aliphatic rings. The van der Waals surface area contributed by atoms with Crippen molar-refractivity contribution in [3.63, 3.8) is 0 Å². The average molecular weight is 298 g/mol. The van der Waals surface area contributed by atoms with Crippen molar-refractivity contribution < 1.29 is 14.3 Å². The number of carbonyl (C=O) groups excluding carboxylic acids is 1. The molecule has 0 aliphatic carbocycles. The molecule has 0 spiro atoms. The molecule has 0 radical (unpaired) electrons.